The standard InChI is InChI=1S/C14H20N4O2/c1-2-8-15-12-5-3-4-11(18-12)14(20)16-9-13(19)17-10-6-7-10/h3-5,10H,2,6-9H2,1H3,(H,15,18)(H,16,20)(H,17,19). The van der Waals surface area contributed by atoms with Gasteiger partial charge in [0.05, 0.1) is 6.54 Å². The maximum Gasteiger partial charge on any atom is 0.270 e. The summed E-state index contributed by atoms with van der Waals surface area (Å²) >= 11 is 0. The Balaban J connectivity index is 1.82. The second-order valence-corrected chi connectivity index (χ2v) is 4.86. The summed E-state index contributed by atoms with van der Waals surface area (Å²) in [6.07, 6.45) is 3.05. The number of hydrogen-bond acceptors (Lipinski definition) is 4. The van der Waals surface area contributed by atoms with Crippen molar-refractivity contribution in [1.29, 1.82) is 0 Å². The van der Waals surface area contributed by atoms with E-state index in [0.717, 1.165) is 25.8 Å². The highest BCUT2D eigenvalue weighted by atomic mass is 16.2. The van der Waals surface area contributed by atoms with Crippen molar-refractivity contribution in [1.82, 2.24) is 15.6 Å². The molecule has 1 aromatic rings. The van der Waals surface area contributed by atoms with Crippen molar-refractivity contribution in [2.24, 2.45) is 0 Å². The molecule has 1 heterocycles. The monoisotopic (exact) mass is 276 g/mol. The molecular formula is C14H20N4O2. The summed E-state index contributed by atoms with van der Waals surface area (Å²) in [6, 6.07) is 5.51. The maximum atomic E-state index is 11.9. The Morgan fingerprint density at radius 2 is 2.15 bits per heavy atom. The number of hydrogen-bond donors (Lipinski definition) is 3. The van der Waals surface area contributed by atoms with Crippen molar-refractivity contribution in [2.75, 3.05) is 18.4 Å². The fourth-order valence-electron chi connectivity index (χ4n) is 1.67. The molecule has 1 aliphatic rings. The maximum absolute atomic E-state index is 11.9. The van der Waals surface area contributed by atoms with E-state index >= 15 is 0 Å². The van der Waals surface area contributed by atoms with Crippen LogP contribution in [0.15, 0.2) is 18.2 Å². The summed E-state index contributed by atoms with van der Waals surface area (Å²) in [6.45, 7) is 2.85. The van der Waals surface area contributed by atoms with Crippen LogP contribution in [0.2, 0.25) is 0 Å². The summed E-state index contributed by atoms with van der Waals surface area (Å²) < 4.78 is 0. The minimum atomic E-state index is -0.337. The number of carbonyl (C=O) groups is 2. The SMILES string of the molecule is CCCNc1cccc(C(=O)NCC(=O)NC2CC2)n1. The highest BCUT2D eigenvalue weighted by Gasteiger charge is 2.23. The lowest BCUT2D eigenvalue weighted by Gasteiger charge is -2.07. The Bertz CT molecular complexity index is 486. The number of aromatic nitrogens is 1. The first-order valence-electron chi connectivity index (χ1n) is 6.97. The Labute approximate surface area is 118 Å². The fourth-order valence-corrected chi connectivity index (χ4v) is 1.67. The molecule has 0 saturated heterocycles. The quantitative estimate of drug-likeness (QED) is 0.691. The van der Waals surface area contributed by atoms with Crippen LogP contribution in [0.25, 0.3) is 0 Å². The molecule has 2 rings (SSSR count). The zero-order valence-corrected chi connectivity index (χ0v) is 11.6. The molecular weight excluding hydrogens is 256 g/mol. The molecule has 1 saturated carbocycles. The summed E-state index contributed by atoms with van der Waals surface area (Å²) in [7, 11) is 0. The van der Waals surface area contributed by atoms with E-state index in [-0.39, 0.29) is 18.4 Å². The zero-order chi connectivity index (χ0) is 14.4. The normalized spacial score (nSPS) is 13.7. The van der Waals surface area contributed by atoms with Crippen LogP contribution in [0.3, 0.4) is 0 Å². The molecule has 6 heteroatoms. The van der Waals surface area contributed by atoms with Gasteiger partial charge in [-0.15, -0.1) is 0 Å². The number of nitrogens with one attached hydrogen (secondary N) is 3. The smallest absolute Gasteiger partial charge is 0.270 e. The molecule has 0 radical (unpaired) electrons. The molecule has 6 nitrogen and oxygen atoms in total. The average Bonchev–Trinajstić information content (AvgIpc) is 3.26. The van der Waals surface area contributed by atoms with E-state index in [1.807, 2.05) is 6.07 Å². The predicted molar refractivity (Wildman–Crippen MR) is 76.5 cm³/mol. The zero-order valence-electron chi connectivity index (χ0n) is 11.6. The minimum absolute atomic E-state index is 0.0103. The largest absolute Gasteiger partial charge is 0.370 e. The summed E-state index contributed by atoms with van der Waals surface area (Å²) in [5.74, 6) is 0.180. The Morgan fingerprint density at radius 1 is 1.35 bits per heavy atom. The van der Waals surface area contributed by atoms with Gasteiger partial charge in [-0.1, -0.05) is 13.0 Å². The summed E-state index contributed by atoms with van der Waals surface area (Å²) in [4.78, 5) is 27.6. The van der Waals surface area contributed by atoms with Crippen molar-refractivity contribution in [2.45, 2.75) is 32.2 Å². The average molecular weight is 276 g/mol. The molecule has 0 unspecified atom stereocenters. The highest BCUT2D eigenvalue weighted by molar-refractivity contribution is 5.95. The van der Waals surface area contributed by atoms with Crippen LogP contribution in [0.1, 0.15) is 36.7 Å². The van der Waals surface area contributed by atoms with E-state index in [9.17, 15) is 9.59 Å². The third kappa shape index (κ3) is 4.53. The molecule has 0 aromatic carbocycles. The van der Waals surface area contributed by atoms with Crippen molar-refractivity contribution in [3.63, 3.8) is 0 Å². The van der Waals surface area contributed by atoms with Gasteiger partial charge >= 0.3 is 0 Å². The minimum Gasteiger partial charge on any atom is -0.370 e. The second-order valence-electron chi connectivity index (χ2n) is 4.86. The van der Waals surface area contributed by atoms with E-state index in [1.54, 1.807) is 12.1 Å². The van der Waals surface area contributed by atoms with Crippen LogP contribution >= 0.6 is 0 Å². The Hall–Kier alpha value is -2.11. The highest BCUT2D eigenvalue weighted by Crippen LogP contribution is 2.18. The number of nitrogens with zero attached hydrogens (tertiary/aromatic N) is 1. The molecule has 0 bridgehead atoms. The van der Waals surface area contributed by atoms with Gasteiger partial charge in [-0.25, -0.2) is 4.98 Å². The van der Waals surface area contributed by atoms with Crippen LogP contribution in [0.5, 0.6) is 0 Å². The van der Waals surface area contributed by atoms with Crippen molar-refractivity contribution < 1.29 is 9.59 Å². The first-order chi connectivity index (χ1) is 9.69. The van der Waals surface area contributed by atoms with Gasteiger partial charge in [-0.05, 0) is 31.4 Å². The van der Waals surface area contributed by atoms with Gasteiger partial charge in [0, 0.05) is 12.6 Å². The van der Waals surface area contributed by atoms with E-state index in [1.165, 1.54) is 0 Å². The van der Waals surface area contributed by atoms with E-state index in [0.29, 0.717) is 17.6 Å². The molecule has 1 aliphatic carbocycles. The topological polar surface area (TPSA) is 83.1 Å². The first-order valence-corrected chi connectivity index (χ1v) is 6.97. The molecule has 0 aliphatic heterocycles. The lowest BCUT2D eigenvalue weighted by atomic mass is 10.3. The molecule has 20 heavy (non-hydrogen) atoms. The van der Waals surface area contributed by atoms with Gasteiger partial charge in [0.1, 0.15) is 11.5 Å². The van der Waals surface area contributed by atoms with Gasteiger partial charge < -0.3 is 16.0 Å². The summed E-state index contributed by atoms with van der Waals surface area (Å²) in [5, 5.41) is 8.51. The lowest BCUT2D eigenvalue weighted by Crippen LogP contribution is -2.38. The van der Waals surface area contributed by atoms with Gasteiger partial charge in [0.15, 0.2) is 0 Å². The van der Waals surface area contributed by atoms with E-state index in [2.05, 4.69) is 27.9 Å². The number of carbonyl (C=O) groups excluding carboxylic acids is 2. The second kappa shape index (κ2) is 6.88. The van der Waals surface area contributed by atoms with E-state index < -0.39 is 0 Å². The molecule has 0 atom stereocenters. The Morgan fingerprint density at radius 3 is 2.85 bits per heavy atom. The predicted octanol–water partition coefficient (Wildman–Crippen LogP) is 0.912. The van der Waals surface area contributed by atoms with Crippen LogP contribution in [-0.4, -0.2) is 35.9 Å². The summed E-state index contributed by atoms with van der Waals surface area (Å²) in [5.41, 5.74) is 0.310. The molecule has 1 fully saturated rings. The molecule has 1 aromatic heterocycles. The molecule has 108 valence electrons. The number of anilines is 1. The van der Waals surface area contributed by atoms with Gasteiger partial charge in [0.25, 0.3) is 5.91 Å². The first kappa shape index (κ1) is 14.3. The van der Waals surface area contributed by atoms with Crippen LogP contribution in [-0.2, 0) is 4.79 Å². The van der Waals surface area contributed by atoms with E-state index in [4.69, 9.17) is 0 Å². The number of amides is 2. The van der Waals surface area contributed by atoms with Crippen molar-refractivity contribution >= 4 is 17.6 Å². The molecule has 3 N–H and O–H groups in total. The van der Waals surface area contributed by atoms with Gasteiger partial charge in [0.2, 0.25) is 5.91 Å². The van der Waals surface area contributed by atoms with Crippen molar-refractivity contribution in [3.8, 4) is 0 Å². The third-order valence-corrected chi connectivity index (χ3v) is 2.89. The van der Waals surface area contributed by atoms with Gasteiger partial charge in [-0.3, -0.25) is 9.59 Å². The van der Waals surface area contributed by atoms with Crippen LogP contribution < -0.4 is 16.0 Å². The molecule has 2 amide bonds. The fraction of sp³-hybridized carbons (Fsp3) is 0.500. The van der Waals surface area contributed by atoms with Crippen LogP contribution in [0, 0.1) is 0 Å². The Kier molecular flexibility index (Phi) is 4.92. The van der Waals surface area contributed by atoms with Gasteiger partial charge in [-0.2, -0.15) is 0 Å². The van der Waals surface area contributed by atoms with Crippen molar-refractivity contribution in [3.05, 3.63) is 23.9 Å². The third-order valence-electron chi connectivity index (χ3n) is 2.89. The van der Waals surface area contributed by atoms with Crippen LogP contribution in [0.4, 0.5) is 5.82 Å². The number of rotatable bonds is 7. The molecule has 0 spiro atoms. The number of pyridine rings is 1. The lowest BCUT2D eigenvalue weighted by molar-refractivity contribution is -0.120.